The van der Waals surface area contributed by atoms with Crippen molar-refractivity contribution in [3.05, 3.63) is 47.2 Å². The van der Waals surface area contributed by atoms with Crippen LogP contribution in [0.5, 0.6) is 0 Å². The van der Waals surface area contributed by atoms with Gasteiger partial charge in [0.15, 0.2) is 5.69 Å². The third kappa shape index (κ3) is 5.01. The number of alkyl halides is 3. The van der Waals surface area contributed by atoms with E-state index < -0.39 is 23.5 Å². The number of halogens is 5. The first-order valence-corrected chi connectivity index (χ1v) is 6.78. The number of rotatable bonds is 6. The van der Waals surface area contributed by atoms with E-state index in [1.807, 2.05) is 0 Å². The molecule has 0 aliphatic rings. The van der Waals surface area contributed by atoms with Gasteiger partial charge in [0.2, 0.25) is 5.95 Å². The maximum atomic E-state index is 13.1. The molecule has 0 fully saturated rings. The topological polar surface area (TPSA) is 70.1 Å². The smallest absolute Gasteiger partial charge is 0.395 e. The maximum absolute atomic E-state index is 13.1. The molecule has 3 N–H and O–H groups in total. The van der Waals surface area contributed by atoms with E-state index in [2.05, 4.69) is 20.6 Å². The Labute approximate surface area is 133 Å². The summed E-state index contributed by atoms with van der Waals surface area (Å²) in [7, 11) is 0. The summed E-state index contributed by atoms with van der Waals surface area (Å²) >= 11 is 0. The monoisotopic (exact) mass is 348 g/mol. The molecule has 2 rings (SSSR count). The SMILES string of the molecule is OCCNc1nc(NCc2cc(F)cc(F)c2)cc(C(F)(F)F)n1. The molecule has 2 aromatic rings. The molecular formula is C14H13F5N4O. The molecule has 0 spiro atoms. The van der Waals surface area contributed by atoms with Crippen LogP contribution in [-0.4, -0.2) is 28.2 Å². The number of anilines is 2. The average molecular weight is 348 g/mol. The molecule has 0 aliphatic heterocycles. The van der Waals surface area contributed by atoms with Gasteiger partial charge in [0.25, 0.3) is 0 Å². The molecule has 1 aromatic heterocycles. The predicted molar refractivity (Wildman–Crippen MR) is 76.3 cm³/mol. The van der Waals surface area contributed by atoms with Crippen LogP contribution in [0.4, 0.5) is 33.7 Å². The van der Waals surface area contributed by atoms with Gasteiger partial charge in [-0.05, 0) is 17.7 Å². The summed E-state index contributed by atoms with van der Waals surface area (Å²) in [5.74, 6) is -2.10. The Kier molecular flexibility index (Phi) is 5.50. The summed E-state index contributed by atoms with van der Waals surface area (Å²) in [5.41, 5.74) is -0.990. The lowest BCUT2D eigenvalue weighted by atomic mass is 10.2. The van der Waals surface area contributed by atoms with Crippen LogP contribution in [-0.2, 0) is 12.7 Å². The van der Waals surface area contributed by atoms with Crippen molar-refractivity contribution >= 4 is 11.8 Å². The van der Waals surface area contributed by atoms with E-state index in [1.165, 1.54) is 0 Å². The van der Waals surface area contributed by atoms with Gasteiger partial charge in [-0.2, -0.15) is 18.2 Å². The zero-order valence-corrected chi connectivity index (χ0v) is 12.2. The minimum atomic E-state index is -4.69. The van der Waals surface area contributed by atoms with E-state index in [0.29, 0.717) is 12.1 Å². The summed E-state index contributed by atoms with van der Waals surface area (Å²) in [4.78, 5) is 7.12. The standard InChI is InChI=1S/C14H13F5N4O/c15-9-3-8(4-10(16)5-9)7-21-12-6-11(14(17,18)19)22-13(23-12)20-1-2-24/h3-6,24H,1-2,7H2,(H2,20,21,22,23). The molecular weight excluding hydrogens is 335 g/mol. The van der Waals surface area contributed by atoms with Gasteiger partial charge in [-0.25, -0.2) is 13.8 Å². The van der Waals surface area contributed by atoms with Gasteiger partial charge in [0, 0.05) is 25.2 Å². The molecule has 0 radical (unpaired) electrons. The lowest BCUT2D eigenvalue weighted by Crippen LogP contribution is -2.15. The maximum Gasteiger partial charge on any atom is 0.433 e. The van der Waals surface area contributed by atoms with Crippen molar-refractivity contribution < 1.29 is 27.1 Å². The molecule has 130 valence electrons. The van der Waals surface area contributed by atoms with E-state index in [0.717, 1.165) is 12.1 Å². The van der Waals surface area contributed by atoms with Crippen LogP contribution >= 0.6 is 0 Å². The number of hydrogen-bond acceptors (Lipinski definition) is 5. The minimum absolute atomic E-state index is 0.0319. The molecule has 1 aromatic carbocycles. The Morgan fingerprint density at radius 2 is 1.62 bits per heavy atom. The second-order valence-electron chi connectivity index (χ2n) is 4.74. The third-order valence-electron chi connectivity index (χ3n) is 2.81. The molecule has 24 heavy (non-hydrogen) atoms. The second kappa shape index (κ2) is 7.39. The van der Waals surface area contributed by atoms with E-state index in [9.17, 15) is 22.0 Å². The Hall–Kier alpha value is -2.49. The normalized spacial score (nSPS) is 11.4. The predicted octanol–water partition coefficient (Wildman–Crippen LogP) is 2.79. The summed E-state index contributed by atoms with van der Waals surface area (Å²) in [6.07, 6.45) is -4.69. The molecule has 0 aliphatic carbocycles. The van der Waals surface area contributed by atoms with Crippen LogP contribution in [0, 0.1) is 11.6 Å². The summed E-state index contributed by atoms with van der Waals surface area (Å²) < 4.78 is 64.7. The quantitative estimate of drug-likeness (QED) is 0.701. The number of aliphatic hydroxyl groups excluding tert-OH is 1. The number of aromatic nitrogens is 2. The Morgan fingerprint density at radius 1 is 0.958 bits per heavy atom. The van der Waals surface area contributed by atoms with Crippen LogP contribution < -0.4 is 10.6 Å². The van der Waals surface area contributed by atoms with Gasteiger partial charge in [-0.15, -0.1) is 0 Å². The van der Waals surface area contributed by atoms with E-state index in [4.69, 9.17) is 5.11 Å². The molecule has 0 amide bonds. The van der Waals surface area contributed by atoms with Crippen molar-refractivity contribution in [1.82, 2.24) is 9.97 Å². The van der Waals surface area contributed by atoms with Gasteiger partial charge in [-0.1, -0.05) is 0 Å². The number of aliphatic hydroxyl groups is 1. The van der Waals surface area contributed by atoms with E-state index in [1.54, 1.807) is 0 Å². The van der Waals surface area contributed by atoms with Crippen LogP contribution in [0.3, 0.4) is 0 Å². The summed E-state index contributed by atoms with van der Waals surface area (Å²) in [5, 5.41) is 13.7. The number of benzene rings is 1. The van der Waals surface area contributed by atoms with E-state index >= 15 is 0 Å². The third-order valence-corrected chi connectivity index (χ3v) is 2.81. The van der Waals surface area contributed by atoms with Crippen molar-refractivity contribution in [1.29, 1.82) is 0 Å². The molecule has 1 heterocycles. The fourth-order valence-corrected chi connectivity index (χ4v) is 1.84. The van der Waals surface area contributed by atoms with Gasteiger partial charge >= 0.3 is 6.18 Å². The Morgan fingerprint density at radius 3 is 2.21 bits per heavy atom. The zero-order chi connectivity index (χ0) is 17.7. The Bertz CT molecular complexity index is 688. The summed E-state index contributed by atoms with van der Waals surface area (Å²) in [6.45, 7) is -0.483. The van der Waals surface area contributed by atoms with Gasteiger partial charge in [-0.3, -0.25) is 0 Å². The van der Waals surface area contributed by atoms with Crippen LogP contribution in [0.15, 0.2) is 24.3 Å². The van der Waals surface area contributed by atoms with Gasteiger partial charge in [0.05, 0.1) is 6.61 Å². The van der Waals surface area contributed by atoms with Crippen molar-refractivity contribution in [3.8, 4) is 0 Å². The highest BCUT2D eigenvalue weighted by atomic mass is 19.4. The molecule has 0 unspecified atom stereocenters. The fraction of sp³-hybridized carbons (Fsp3) is 0.286. The van der Waals surface area contributed by atoms with Crippen LogP contribution in [0.25, 0.3) is 0 Å². The first-order chi connectivity index (χ1) is 11.3. The number of nitrogens with zero attached hydrogens (tertiary/aromatic N) is 2. The van der Waals surface area contributed by atoms with Crippen molar-refractivity contribution in [2.45, 2.75) is 12.7 Å². The molecule has 5 nitrogen and oxygen atoms in total. The van der Waals surface area contributed by atoms with Crippen molar-refractivity contribution in [3.63, 3.8) is 0 Å². The van der Waals surface area contributed by atoms with Crippen LogP contribution in [0.2, 0.25) is 0 Å². The zero-order valence-electron chi connectivity index (χ0n) is 12.2. The Balaban J connectivity index is 2.21. The van der Waals surface area contributed by atoms with Crippen LogP contribution in [0.1, 0.15) is 11.3 Å². The molecule has 0 saturated heterocycles. The second-order valence-corrected chi connectivity index (χ2v) is 4.74. The highest BCUT2D eigenvalue weighted by molar-refractivity contribution is 5.43. The van der Waals surface area contributed by atoms with Gasteiger partial charge < -0.3 is 15.7 Å². The van der Waals surface area contributed by atoms with Gasteiger partial charge in [0.1, 0.15) is 17.5 Å². The average Bonchev–Trinajstić information content (AvgIpc) is 2.49. The highest BCUT2D eigenvalue weighted by Crippen LogP contribution is 2.29. The molecule has 0 saturated carbocycles. The number of hydrogen-bond donors (Lipinski definition) is 3. The molecule has 0 bridgehead atoms. The first kappa shape index (κ1) is 17.9. The lowest BCUT2D eigenvalue weighted by molar-refractivity contribution is -0.141. The summed E-state index contributed by atoms with van der Waals surface area (Å²) in [6, 6.07) is 3.46. The number of nitrogens with one attached hydrogen (secondary N) is 2. The highest BCUT2D eigenvalue weighted by Gasteiger charge is 2.33. The first-order valence-electron chi connectivity index (χ1n) is 6.78. The van der Waals surface area contributed by atoms with Crippen molar-refractivity contribution in [2.75, 3.05) is 23.8 Å². The fourth-order valence-electron chi connectivity index (χ4n) is 1.84. The molecule has 10 heteroatoms. The van der Waals surface area contributed by atoms with E-state index in [-0.39, 0.29) is 37.0 Å². The van der Waals surface area contributed by atoms with Crippen molar-refractivity contribution in [2.24, 2.45) is 0 Å². The largest absolute Gasteiger partial charge is 0.433 e. The minimum Gasteiger partial charge on any atom is -0.395 e. The lowest BCUT2D eigenvalue weighted by Gasteiger charge is -2.12. The molecule has 0 atom stereocenters.